The van der Waals surface area contributed by atoms with Crippen LogP contribution in [0.5, 0.6) is 0 Å². The highest BCUT2D eigenvalue weighted by molar-refractivity contribution is 9.10. The van der Waals surface area contributed by atoms with E-state index in [1.807, 2.05) is 30.3 Å². The first-order valence-corrected chi connectivity index (χ1v) is 7.18. The summed E-state index contributed by atoms with van der Waals surface area (Å²) in [5.74, 6) is 0.488. The molecule has 4 nitrogen and oxygen atoms in total. The molecule has 0 bridgehead atoms. The Morgan fingerprint density at radius 3 is 2.75 bits per heavy atom. The van der Waals surface area contributed by atoms with Gasteiger partial charge in [-0.25, -0.2) is 4.98 Å². The third kappa shape index (κ3) is 4.51. The Morgan fingerprint density at radius 2 is 2.05 bits per heavy atom. The molecule has 2 aromatic rings. The number of nitrogens with zero attached hydrogens (tertiary/aromatic N) is 1. The molecule has 0 atom stereocenters. The number of carbonyl (C=O) groups is 1. The van der Waals surface area contributed by atoms with E-state index in [0.717, 1.165) is 10.0 Å². The van der Waals surface area contributed by atoms with Crippen LogP contribution < -0.4 is 10.6 Å². The van der Waals surface area contributed by atoms with Crippen LogP contribution in [-0.4, -0.2) is 17.4 Å². The zero-order valence-electron chi connectivity index (χ0n) is 10.6. The number of hydrogen-bond donors (Lipinski definition) is 2. The van der Waals surface area contributed by atoms with Crippen molar-refractivity contribution in [3.05, 3.63) is 57.7 Å². The average Bonchev–Trinajstić information content (AvgIpc) is 2.45. The molecule has 6 heteroatoms. The quantitative estimate of drug-likeness (QED) is 0.867. The maximum absolute atomic E-state index is 11.7. The van der Waals surface area contributed by atoms with Crippen molar-refractivity contribution in [1.82, 2.24) is 10.3 Å². The number of amides is 1. The van der Waals surface area contributed by atoms with Crippen LogP contribution in [0, 0.1) is 0 Å². The van der Waals surface area contributed by atoms with E-state index in [9.17, 15) is 4.79 Å². The minimum atomic E-state index is -0.0995. The van der Waals surface area contributed by atoms with E-state index in [1.165, 1.54) is 6.20 Å². The van der Waals surface area contributed by atoms with E-state index >= 15 is 0 Å². The molecule has 0 saturated carbocycles. The van der Waals surface area contributed by atoms with E-state index in [4.69, 9.17) is 11.6 Å². The van der Waals surface area contributed by atoms with Crippen LogP contribution in [0.1, 0.15) is 5.56 Å². The Morgan fingerprint density at radius 1 is 1.30 bits per heavy atom. The predicted octanol–water partition coefficient (Wildman–Crippen LogP) is 3.23. The van der Waals surface area contributed by atoms with E-state index in [0.29, 0.717) is 17.4 Å². The van der Waals surface area contributed by atoms with Crippen molar-refractivity contribution in [3.8, 4) is 0 Å². The minimum Gasteiger partial charge on any atom is -0.360 e. The van der Waals surface area contributed by atoms with Crippen LogP contribution in [0.4, 0.5) is 5.82 Å². The van der Waals surface area contributed by atoms with Crippen LogP contribution in [-0.2, 0) is 11.3 Å². The zero-order valence-corrected chi connectivity index (χ0v) is 12.9. The van der Waals surface area contributed by atoms with Gasteiger partial charge in [-0.1, -0.05) is 41.9 Å². The van der Waals surface area contributed by atoms with E-state index in [1.54, 1.807) is 6.07 Å². The van der Waals surface area contributed by atoms with Gasteiger partial charge < -0.3 is 10.6 Å². The number of nitrogens with one attached hydrogen (secondary N) is 2. The maximum Gasteiger partial charge on any atom is 0.239 e. The Balaban J connectivity index is 1.80. The summed E-state index contributed by atoms with van der Waals surface area (Å²) in [6, 6.07) is 11.5. The van der Waals surface area contributed by atoms with Crippen LogP contribution in [0.2, 0.25) is 5.02 Å². The normalized spacial score (nSPS) is 10.1. The third-order valence-electron chi connectivity index (χ3n) is 2.56. The fraction of sp³-hybridized carbons (Fsp3) is 0.143. The number of hydrogen-bond acceptors (Lipinski definition) is 3. The van der Waals surface area contributed by atoms with Crippen molar-refractivity contribution in [2.75, 3.05) is 11.9 Å². The van der Waals surface area contributed by atoms with Gasteiger partial charge in [-0.2, -0.15) is 0 Å². The predicted molar refractivity (Wildman–Crippen MR) is 83.7 cm³/mol. The molecule has 0 aliphatic rings. The molecule has 2 N–H and O–H groups in total. The topological polar surface area (TPSA) is 54.0 Å². The molecule has 0 unspecified atom stereocenters. The fourth-order valence-electron chi connectivity index (χ4n) is 1.57. The van der Waals surface area contributed by atoms with Gasteiger partial charge in [-0.05, 0) is 27.6 Å². The second kappa shape index (κ2) is 7.26. The smallest absolute Gasteiger partial charge is 0.239 e. The van der Waals surface area contributed by atoms with Crippen LogP contribution in [0.3, 0.4) is 0 Å². The molecule has 20 heavy (non-hydrogen) atoms. The molecule has 0 fully saturated rings. The number of pyridine rings is 1. The molecule has 1 amide bonds. The standard InChI is InChI=1S/C14H13BrClN3O/c15-12-6-11(16)8-18-14(12)19-9-13(20)17-7-10-4-2-1-3-5-10/h1-6,8H,7,9H2,(H,17,20)(H,18,19). The van der Waals surface area contributed by atoms with Gasteiger partial charge >= 0.3 is 0 Å². The summed E-state index contributed by atoms with van der Waals surface area (Å²) in [7, 11) is 0. The second-order valence-corrected chi connectivity index (χ2v) is 5.39. The molecular formula is C14H13BrClN3O. The lowest BCUT2D eigenvalue weighted by molar-refractivity contribution is -0.119. The van der Waals surface area contributed by atoms with E-state index < -0.39 is 0 Å². The summed E-state index contributed by atoms with van der Waals surface area (Å²) in [5, 5.41) is 6.31. The molecule has 0 aliphatic carbocycles. The lowest BCUT2D eigenvalue weighted by atomic mass is 10.2. The zero-order chi connectivity index (χ0) is 14.4. The molecule has 0 aliphatic heterocycles. The molecular weight excluding hydrogens is 342 g/mol. The molecule has 1 aromatic heterocycles. The van der Waals surface area contributed by atoms with Gasteiger partial charge in [0.1, 0.15) is 5.82 Å². The summed E-state index contributed by atoms with van der Waals surface area (Å²) in [6.07, 6.45) is 1.52. The largest absolute Gasteiger partial charge is 0.360 e. The summed E-state index contributed by atoms with van der Waals surface area (Å²) in [5.41, 5.74) is 1.06. The van der Waals surface area contributed by atoms with E-state index in [2.05, 4.69) is 31.5 Å². The molecule has 0 radical (unpaired) electrons. The molecule has 1 aromatic carbocycles. The highest BCUT2D eigenvalue weighted by atomic mass is 79.9. The van der Waals surface area contributed by atoms with Gasteiger partial charge in [0.15, 0.2) is 0 Å². The number of anilines is 1. The first kappa shape index (κ1) is 14.8. The summed E-state index contributed by atoms with van der Waals surface area (Å²) in [6.45, 7) is 0.663. The Bertz CT molecular complexity index is 592. The SMILES string of the molecule is O=C(CNc1ncc(Cl)cc1Br)NCc1ccccc1. The van der Waals surface area contributed by atoms with Gasteiger partial charge in [0, 0.05) is 12.7 Å². The number of benzene rings is 1. The third-order valence-corrected chi connectivity index (χ3v) is 3.37. The molecule has 104 valence electrons. The van der Waals surface area contributed by atoms with Gasteiger partial charge in [-0.15, -0.1) is 0 Å². The first-order valence-electron chi connectivity index (χ1n) is 6.00. The van der Waals surface area contributed by atoms with Crippen molar-refractivity contribution in [2.45, 2.75) is 6.54 Å². The number of carbonyl (C=O) groups excluding carboxylic acids is 1. The van der Waals surface area contributed by atoms with Gasteiger partial charge in [0.2, 0.25) is 5.91 Å². The summed E-state index contributed by atoms with van der Waals surface area (Å²) < 4.78 is 0.723. The van der Waals surface area contributed by atoms with Crippen LogP contribution in [0.25, 0.3) is 0 Å². The van der Waals surface area contributed by atoms with Crippen molar-refractivity contribution < 1.29 is 4.79 Å². The maximum atomic E-state index is 11.7. The van der Waals surface area contributed by atoms with Gasteiger partial charge in [-0.3, -0.25) is 4.79 Å². The molecule has 1 heterocycles. The second-order valence-electron chi connectivity index (χ2n) is 4.10. The minimum absolute atomic E-state index is 0.0995. The van der Waals surface area contributed by atoms with Crippen LogP contribution in [0.15, 0.2) is 47.1 Å². The molecule has 0 spiro atoms. The highest BCUT2D eigenvalue weighted by Gasteiger charge is 2.05. The fourth-order valence-corrected chi connectivity index (χ4v) is 2.35. The van der Waals surface area contributed by atoms with E-state index in [-0.39, 0.29) is 12.5 Å². The molecule has 0 saturated heterocycles. The lowest BCUT2D eigenvalue weighted by Gasteiger charge is -2.08. The summed E-state index contributed by atoms with van der Waals surface area (Å²) >= 11 is 9.13. The number of rotatable bonds is 5. The Hall–Kier alpha value is -1.59. The number of halogens is 2. The molecule has 2 rings (SSSR count). The van der Waals surface area contributed by atoms with Gasteiger partial charge in [0.25, 0.3) is 0 Å². The number of aromatic nitrogens is 1. The van der Waals surface area contributed by atoms with Crippen molar-refractivity contribution in [1.29, 1.82) is 0 Å². The Labute approximate surface area is 130 Å². The Kier molecular flexibility index (Phi) is 5.38. The van der Waals surface area contributed by atoms with Crippen molar-refractivity contribution in [3.63, 3.8) is 0 Å². The van der Waals surface area contributed by atoms with Crippen molar-refractivity contribution >= 4 is 39.3 Å². The van der Waals surface area contributed by atoms with Crippen LogP contribution >= 0.6 is 27.5 Å². The average molecular weight is 355 g/mol. The highest BCUT2D eigenvalue weighted by Crippen LogP contribution is 2.22. The lowest BCUT2D eigenvalue weighted by Crippen LogP contribution is -2.29. The summed E-state index contributed by atoms with van der Waals surface area (Å²) in [4.78, 5) is 15.8. The van der Waals surface area contributed by atoms with Gasteiger partial charge in [0.05, 0.1) is 16.0 Å². The van der Waals surface area contributed by atoms with Crippen molar-refractivity contribution in [2.24, 2.45) is 0 Å². The monoisotopic (exact) mass is 353 g/mol. The first-order chi connectivity index (χ1) is 9.65.